The highest BCUT2D eigenvalue weighted by Crippen LogP contribution is 2.19. The molecule has 0 radical (unpaired) electrons. The fraction of sp³-hybridized carbons (Fsp3) is 0.636. The second kappa shape index (κ2) is 6.71. The van der Waals surface area contributed by atoms with Gasteiger partial charge in [-0.25, -0.2) is 0 Å². The maximum Gasteiger partial charge on any atom is 0.0824 e. The van der Waals surface area contributed by atoms with E-state index in [0.717, 1.165) is 39.2 Å². The maximum absolute atomic E-state index is 5.60. The minimum absolute atomic E-state index is 0.337. The zero-order chi connectivity index (χ0) is 11.2. The van der Waals surface area contributed by atoms with Gasteiger partial charge in [0, 0.05) is 40.9 Å². The number of halogens is 1. The number of ether oxygens (including phenoxy) is 1. The Balaban J connectivity index is 1.57. The van der Waals surface area contributed by atoms with Crippen molar-refractivity contribution in [3.63, 3.8) is 0 Å². The van der Waals surface area contributed by atoms with E-state index < -0.39 is 0 Å². The molecule has 1 aliphatic heterocycles. The van der Waals surface area contributed by atoms with Crippen LogP contribution in [0.4, 0.5) is 0 Å². The van der Waals surface area contributed by atoms with Gasteiger partial charge in [-0.2, -0.15) is 0 Å². The molecule has 5 heteroatoms. The molecule has 1 unspecified atom stereocenters. The van der Waals surface area contributed by atoms with Gasteiger partial charge in [0.05, 0.1) is 12.7 Å². The molecule has 3 nitrogen and oxygen atoms in total. The zero-order valence-electron chi connectivity index (χ0n) is 9.17. The first-order valence-corrected chi connectivity index (χ1v) is 7.28. The molecule has 1 atom stereocenters. The van der Waals surface area contributed by atoms with Crippen LogP contribution in [0.2, 0.25) is 0 Å². The van der Waals surface area contributed by atoms with E-state index in [9.17, 15) is 0 Å². The molecule has 1 fully saturated rings. The van der Waals surface area contributed by atoms with Crippen molar-refractivity contribution in [1.82, 2.24) is 10.6 Å². The minimum Gasteiger partial charge on any atom is -0.374 e. The Morgan fingerprint density at radius 2 is 2.56 bits per heavy atom. The zero-order valence-corrected chi connectivity index (χ0v) is 11.6. The smallest absolute Gasteiger partial charge is 0.0824 e. The van der Waals surface area contributed by atoms with Gasteiger partial charge in [0.15, 0.2) is 0 Å². The summed E-state index contributed by atoms with van der Waals surface area (Å²) in [6.45, 7) is 4.76. The van der Waals surface area contributed by atoms with Crippen molar-refractivity contribution in [2.24, 2.45) is 0 Å². The average Bonchev–Trinajstić information content (AvgIpc) is 2.72. The van der Waals surface area contributed by atoms with E-state index in [1.54, 1.807) is 11.3 Å². The Kier molecular flexibility index (Phi) is 5.25. The first-order chi connectivity index (χ1) is 7.84. The summed E-state index contributed by atoms with van der Waals surface area (Å²) in [5, 5.41) is 8.90. The molecule has 1 aromatic rings. The second-order valence-electron chi connectivity index (χ2n) is 3.88. The normalized spacial score (nSPS) is 21.2. The van der Waals surface area contributed by atoms with Crippen molar-refractivity contribution in [2.45, 2.75) is 12.5 Å². The van der Waals surface area contributed by atoms with E-state index in [1.165, 1.54) is 9.35 Å². The molecule has 2 rings (SSSR count). The van der Waals surface area contributed by atoms with Crippen LogP contribution in [-0.4, -0.2) is 38.9 Å². The van der Waals surface area contributed by atoms with Crippen molar-refractivity contribution < 1.29 is 4.74 Å². The van der Waals surface area contributed by atoms with Crippen LogP contribution in [0, 0.1) is 0 Å². The van der Waals surface area contributed by atoms with Gasteiger partial charge < -0.3 is 15.4 Å². The fourth-order valence-electron chi connectivity index (χ4n) is 1.71. The van der Waals surface area contributed by atoms with Gasteiger partial charge in [-0.05, 0) is 28.4 Å². The Bertz CT molecular complexity index is 313. The van der Waals surface area contributed by atoms with Crippen molar-refractivity contribution in [3.8, 4) is 0 Å². The van der Waals surface area contributed by atoms with Gasteiger partial charge in [0.25, 0.3) is 0 Å². The highest BCUT2D eigenvalue weighted by atomic mass is 79.9. The van der Waals surface area contributed by atoms with Gasteiger partial charge in [0.2, 0.25) is 0 Å². The lowest BCUT2D eigenvalue weighted by molar-refractivity contribution is 0.0294. The van der Waals surface area contributed by atoms with Crippen molar-refractivity contribution >= 4 is 27.3 Å². The van der Waals surface area contributed by atoms with Gasteiger partial charge >= 0.3 is 0 Å². The number of morpholine rings is 1. The van der Waals surface area contributed by atoms with Gasteiger partial charge in [-0.1, -0.05) is 0 Å². The number of nitrogens with one attached hydrogen (secondary N) is 2. The van der Waals surface area contributed by atoms with E-state index >= 15 is 0 Å². The topological polar surface area (TPSA) is 33.3 Å². The molecule has 2 heterocycles. The molecule has 1 aliphatic rings. The van der Waals surface area contributed by atoms with Crippen LogP contribution >= 0.6 is 27.3 Å². The van der Waals surface area contributed by atoms with Crippen LogP contribution in [0.25, 0.3) is 0 Å². The number of hydrogen-bond donors (Lipinski definition) is 2. The van der Waals surface area contributed by atoms with Crippen molar-refractivity contribution in [1.29, 1.82) is 0 Å². The Morgan fingerprint density at radius 3 is 3.25 bits per heavy atom. The molecule has 90 valence electrons. The van der Waals surface area contributed by atoms with Crippen LogP contribution in [-0.2, 0) is 11.2 Å². The Morgan fingerprint density at radius 1 is 1.62 bits per heavy atom. The molecular weight excluding hydrogens is 288 g/mol. The quantitative estimate of drug-likeness (QED) is 0.811. The first kappa shape index (κ1) is 12.5. The van der Waals surface area contributed by atoms with Gasteiger partial charge in [-0.3, -0.25) is 0 Å². The first-order valence-electron chi connectivity index (χ1n) is 5.60. The molecule has 2 N–H and O–H groups in total. The third-order valence-corrected chi connectivity index (χ3v) is 4.30. The highest BCUT2D eigenvalue weighted by Gasteiger charge is 2.11. The van der Waals surface area contributed by atoms with E-state index in [1.807, 2.05) is 0 Å². The molecule has 0 saturated carbocycles. The van der Waals surface area contributed by atoms with E-state index in [0.29, 0.717) is 6.10 Å². The van der Waals surface area contributed by atoms with Crippen LogP contribution < -0.4 is 10.6 Å². The van der Waals surface area contributed by atoms with Gasteiger partial charge in [-0.15, -0.1) is 11.3 Å². The number of thiophene rings is 1. The Labute approximate surface area is 109 Å². The average molecular weight is 305 g/mol. The SMILES string of the molecule is Brc1csc(CCNCC2CNCCO2)c1. The van der Waals surface area contributed by atoms with E-state index in [2.05, 4.69) is 38.0 Å². The lowest BCUT2D eigenvalue weighted by atomic mass is 10.3. The van der Waals surface area contributed by atoms with Crippen LogP contribution in [0.1, 0.15) is 4.88 Å². The molecular formula is C11H17BrN2OS. The highest BCUT2D eigenvalue weighted by molar-refractivity contribution is 9.10. The fourth-order valence-corrected chi connectivity index (χ4v) is 3.17. The molecule has 0 amide bonds. The third kappa shape index (κ3) is 4.14. The summed E-state index contributed by atoms with van der Waals surface area (Å²) < 4.78 is 6.79. The molecule has 0 spiro atoms. The molecule has 16 heavy (non-hydrogen) atoms. The molecule has 0 bridgehead atoms. The third-order valence-electron chi connectivity index (χ3n) is 2.55. The number of hydrogen-bond acceptors (Lipinski definition) is 4. The number of rotatable bonds is 5. The summed E-state index contributed by atoms with van der Waals surface area (Å²) in [5.74, 6) is 0. The summed E-state index contributed by atoms with van der Waals surface area (Å²) in [7, 11) is 0. The molecule has 0 aliphatic carbocycles. The summed E-state index contributed by atoms with van der Waals surface area (Å²) in [6.07, 6.45) is 1.43. The van der Waals surface area contributed by atoms with E-state index in [-0.39, 0.29) is 0 Å². The standard InChI is InChI=1S/C11H17BrN2OS/c12-9-5-11(16-8-9)1-2-13-6-10-7-14-3-4-15-10/h5,8,10,13-14H,1-4,6-7H2. The summed E-state index contributed by atoms with van der Waals surface area (Å²) in [6, 6.07) is 2.19. The summed E-state index contributed by atoms with van der Waals surface area (Å²) in [4.78, 5) is 1.42. The molecule has 0 aromatic carbocycles. The van der Waals surface area contributed by atoms with Gasteiger partial charge in [0.1, 0.15) is 0 Å². The monoisotopic (exact) mass is 304 g/mol. The molecule has 1 saturated heterocycles. The predicted molar refractivity (Wildman–Crippen MR) is 71.2 cm³/mol. The minimum atomic E-state index is 0.337. The summed E-state index contributed by atoms with van der Waals surface area (Å²) in [5.41, 5.74) is 0. The lowest BCUT2D eigenvalue weighted by Gasteiger charge is -2.23. The van der Waals surface area contributed by atoms with Crippen molar-refractivity contribution in [3.05, 3.63) is 20.8 Å². The summed E-state index contributed by atoms with van der Waals surface area (Å²) >= 11 is 5.27. The van der Waals surface area contributed by atoms with Crippen LogP contribution in [0.3, 0.4) is 0 Å². The second-order valence-corrected chi connectivity index (χ2v) is 5.79. The van der Waals surface area contributed by atoms with Crippen LogP contribution in [0.15, 0.2) is 15.9 Å². The maximum atomic E-state index is 5.60. The van der Waals surface area contributed by atoms with E-state index in [4.69, 9.17) is 4.74 Å². The van der Waals surface area contributed by atoms with Crippen LogP contribution in [0.5, 0.6) is 0 Å². The van der Waals surface area contributed by atoms with Crippen molar-refractivity contribution in [2.75, 3.05) is 32.8 Å². The largest absolute Gasteiger partial charge is 0.374 e. The lowest BCUT2D eigenvalue weighted by Crippen LogP contribution is -2.44. The molecule has 1 aromatic heterocycles. The predicted octanol–water partition coefficient (Wildman–Crippen LogP) is 1.63. The Hall–Kier alpha value is 0.0600.